The zero-order chi connectivity index (χ0) is 13.8. The van der Waals surface area contributed by atoms with Gasteiger partial charge in [-0.2, -0.15) is 0 Å². The lowest BCUT2D eigenvalue weighted by molar-refractivity contribution is 0.0827. The van der Waals surface area contributed by atoms with Crippen LogP contribution in [0, 0.1) is 0 Å². The van der Waals surface area contributed by atoms with Gasteiger partial charge in [-0.05, 0) is 24.3 Å². The molecule has 2 aromatic rings. The van der Waals surface area contributed by atoms with E-state index in [1.807, 2.05) is 0 Å². The van der Waals surface area contributed by atoms with Crippen LogP contribution in [0.4, 0.5) is 5.69 Å². The second-order valence-corrected chi connectivity index (χ2v) is 4.25. The maximum atomic E-state index is 11.8. The van der Waals surface area contributed by atoms with Crippen LogP contribution in [0.2, 0.25) is 0 Å². The molecular weight excluding hydrogens is 244 g/mol. The molecule has 2 rings (SSSR count). The molecule has 2 amide bonds. The van der Waals surface area contributed by atoms with Crippen molar-refractivity contribution in [2.45, 2.75) is 0 Å². The van der Waals surface area contributed by atoms with Gasteiger partial charge in [0.2, 0.25) is 0 Å². The molecule has 98 valence electrons. The predicted molar refractivity (Wildman–Crippen MR) is 71.1 cm³/mol. The molecule has 0 atom stereocenters. The molecule has 0 saturated heterocycles. The van der Waals surface area contributed by atoms with Crippen molar-refractivity contribution in [3.63, 3.8) is 0 Å². The lowest BCUT2D eigenvalue weighted by atomic mass is 10.1. The van der Waals surface area contributed by atoms with E-state index in [-0.39, 0.29) is 11.8 Å². The molecule has 5 nitrogen and oxygen atoms in total. The molecule has 1 heterocycles. The summed E-state index contributed by atoms with van der Waals surface area (Å²) in [7, 11) is 3.36. The largest absolute Gasteiger partial charge is 0.472 e. The van der Waals surface area contributed by atoms with Crippen molar-refractivity contribution >= 4 is 17.5 Å². The van der Waals surface area contributed by atoms with Crippen molar-refractivity contribution in [2.24, 2.45) is 0 Å². The number of carbonyl (C=O) groups is 2. The summed E-state index contributed by atoms with van der Waals surface area (Å²) in [5.74, 6) is -0.386. The van der Waals surface area contributed by atoms with Crippen molar-refractivity contribution in [1.29, 1.82) is 0 Å². The third-order valence-electron chi connectivity index (χ3n) is 2.56. The minimum Gasteiger partial charge on any atom is -0.472 e. The predicted octanol–water partition coefficient (Wildman–Crippen LogP) is 2.23. The Balaban J connectivity index is 2.16. The third kappa shape index (κ3) is 3.01. The Morgan fingerprint density at radius 1 is 1.16 bits per heavy atom. The summed E-state index contributed by atoms with van der Waals surface area (Å²) in [4.78, 5) is 25.1. The van der Waals surface area contributed by atoms with Crippen molar-refractivity contribution in [3.05, 3.63) is 54.0 Å². The van der Waals surface area contributed by atoms with E-state index in [0.29, 0.717) is 16.8 Å². The van der Waals surface area contributed by atoms with Gasteiger partial charge in [-0.3, -0.25) is 9.59 Å². The maximum absolute atomic E-state index is 11.8. The van der Waals surface area contributed by atoms with E-state index in [1.54, 1.807) is 44.4 Å². The Kier molecular flexibility index (Phi) is 3.66. The fourth-order valence-corrected chi connectivity index (χ4v) is 1.59. The highest BCUT2D eigenvalue weighted by molar-refractivity contribution is 6.04. The monoisotopic (exact) mass is 258 g/mol. The van der Waals surface area contributed by atoms with Gasteiger partial charge in [-0.25, -0.2) is 0 Å². The van der Waals surface area contributed by atoms with Crippen LogP contribution in [0.15, 0.2) is 47.3 Å². The number of amides is 2. The number of nitrogens with one attached hydrogen (secondary N) is 1. The van der Waals surface area contributed by atoms with E-state index in [9.17, 15) is 9.59 Å². The van der Waals surface area contributed by atoms with Gasteiger partial charge >= 0.3 is 0 Å². The lowest BCUT2D eigenvalue weighted by Crippen LogP contribution is -2.21. The molecule has 1 aromatic heterocycles. The highest BCUT2D eigenvalue weighted by Crippen LogP contribution is 2.13. The summed E-state index contributed by atoms with van der Waals surface area (Å²) in [6, 6.07) is 8.37. The van der Waals surface area contributed by atoms with E-state index >= 15 is 0 Å². The molecule has 0 spiro atoms. The van der Waals surface area contributed by atoms with Crippen LogP contribution in [0.3, 0.4) is 0 Å². The summed E-state index contributed by atoms with van der Waals surface area (Å²) in [5, 5.41) is 2.71. The number of rotatable bonds is 3. The molecule has 0 aliphatic rings. The van der Waals surface area contributed by atoms with Gasteiger partial charge in [0.25, 0.3) is 11.8 Å². The first kappa shape index (κ1) is 12.9. The van der Waals surface area contributed by atoms with Gasteiger partial charge in [0.15, 0.2) is 0 Å². The molecule has 0 fully saturated rings. The Morgan fingerprint density at radius 2 is 1.95 bits per heavy atom. The molecule has 0 radical (unpaired) electrons. The van der Waals surface area contributed by atoms with E-state index in [2.05, 4.69) is 5.32 Å². The first-order chi connectivity index (χ1) is 9.08. The van der Waals surface area contributed by atoms with Gasteiger partial charge < -0.3 is 14.6 Å². The van der Waals surface area contributed by atoms with Crippen LogP contribution >= 0.6 is 0 Å². The Bertz CT molecular complexity index is 588. The number of hydrogen-bond donors (Lipinski definition) is 1. The van der Waals surface area contributed by atoms with Crippen molar-refractivity contribution < 1.29 is 14.0 Å². The Morgan fingerprint density at radius 3 is 2.58 bits per heavy atom. The summed E-state index contributed by atoms with van der Waals surface area (Å²) >= 11 is 0. The highest BCUT2D eigenvalue weighted by Gasteiger charge is 2.10. The second-order valence-electron chi connectivity index (χ2n) is 4.25. The number of furan rings is 1. The summed E-state index contributed by atoms with van der Waals surface area (Å²) < 4.78 is 4.85. The summed E-state index contributed by atoms with van der Waals surface area (Å²) in [6.45, 7) is 0. The van der Waals surface area contributed by atoms with Crippen LogP contribution in [-0.2, 0) is 0 Å². The van der Waals surface area contributed by atoms with Crippen LogP contribution < -0.4 is 5.32 Å². The molecule has 0 bridgehead atoms. The second kappa shape index (κ2) is 5.39. The number of nitrogens with zero attached hydrogens (tertiary/aromatic N) is 1. The zero-order valence-corrected chi connectivity index (χ0v) is 10.7. The summed E-state index contributed by atoms with van der Waals surface area (Å²) in [6.07, 6.45) is 2.80. The fraction of sp³-hybridized carbons (Fsp3) is 0.143. The van der Waals surface area contributed by atoms with E-state index < -0.39 is 0 Å². The minimum atomic E-state index is -0.275. The standard InChI is InChI=1S/C14H14N2O3/c1-16(2)14(18)10-4-3-5-12(8-10)15-13(17)11-6-7-19-9-11/h3-9H,1-2H3,(H,15,17). The number of anilines is 1. The minimum absolute atomic E-state index is 0.112. The molecule has 0 aliphatic heterocycles. The van der Waals surface area contributed by atoms with Gasteiger partial charge in [0.05, 0.1) is 11.8 Å². The van der Waals surface area contributed by atoms with E-state index in [0.717, 1.165) is 0 Å². The molecule has 19 heavy (non-hydrogen) atoms. The molecule has 0 aliphatic carbocycles. The first-order valence-corrected chi connectivity index (χ1v) is 5.73. The number of benzene rings is 1. The normalized spacial score (nSPS) is 10.0. The van der Waals surface area contributed by atoms with Crippen molar-refractivity contribution in [2.75, 3.05) is 19.4 Å². The van der Waals surface area contributed by atoms with Gasteiger partial charge in [-0.15, -0.1) is 0 Å². The Labute approximate surface area is 110 Å². The highest BCUT2D eigenvalue weighted by atomic mass is 16.3. The quantitative estimate of drug-likeness (QED) is 0.918. The zero-order valence-electron chi connectivity index (χ0n) is 10.7. The van der Waals surface area contributed by atoms with Crippen LogP contribution in [0.25, 0.3) is 0 Å². The van der Waals surface area contributed by atoms with E-state index in [1.165, 1.54) is 17.4 Å². The van der Waals surface area contributed by atoms with Crippen molar-refractivity contribution in [1.82, 2.24) is 4.90 Å². The number of carbonyl (C=O) groups excluding carboxylic acids is 2. The van der Waals surface area contributed by atoms with E-state index in [4.69, 9.17) is 4.42 Å². The SMILES string of the molecule is CN(C)C(=O)c1cccc(NC(=O)c2ccoc2)c1. The topological polar surface area (TPSA) is 62.6 Å². The molecule has 1 N–H and O–H groups in total. The van der Waals surface area contributed by atoms with Crippen LogP contribution in [0.5, 0.6) is 0 Å². The molecule has 5 heteroatoms. The third-order valence-corrected chi connectivity index (χ3v) is 2.56. The molecular formula is C14H14N2O3. The van der Waals surface area contributed by atoms with Gasteiger partial charge in [0, 0.05) is 25.3 Å². The lowest BCUT2D eigenvalue weighted by Gasteiger charge is -2.11. The van der Waals surface area contributed by atoms with Crippen molar-refractivity contribution in [3.8, 4) is 0 Å². The summed E-state index contributed by atoms with van der Waals surface area (Å²) in [5.41, 5.74) is 1.53. The molecule has 0 saturated carbocycles. The molecule has 1 aromatic carbocycles. The molecule has 0 unspecified atom stereocenters. The first-order valence-electron chi connectivity index (χ1n) is 5.73. The average molecular weight is 258 g/mol. The van der Waals surface area contributed by atoms with Crippen LogP contribution in [0.1, 0.15) is 20.7 Å². The smallest absolute Gasteiger partial charge is 0.258 e. The number of hydrogen-bond acceptors (Lipinski definition) is 3. The maximum Gasteiger partial charge on any atom is 0.258 e. The van der Waals surface area contributed by atoms with Gasteiger partial charge in [0.1, 0.15) is 6.26 Å². The Hall–Kier alpha value is -2.56. The van der Waals surface area contributed by atoms with Crippen LogP contribution in [-0.4, -0.2) is 30.8 Å². The fourth-order valence-electron chi connectivity index (χ4n) is 1.59. The van der Waals surface area contributed by atoms with Gasteiger partial charge in [-0.1, -0.05) is 6.07 Å². The average Bonchev–Trinajstić information content (AvgIpc) is 2.92.